The molecule has 0 spiro atoms. The summed E-state index contributed by atoms with van der Waals surface area (Å²) in [6.07, 6.45) is 6.14. The molecule has 22 heavy (non-hydrogen) atoms. The summed E-state index contributed by atoms with van der Waals surface area (Å²) in [5, 5.41) is 2.89. The molecule has 0 bridgehead atoms. The third-order valence-electron chi connectivity index (χ3n) is 3.71. The van der Waals surface area contributed by atoms with Crippen molar-refractivity contribution in [2.75, 3.05) is 31.6 Å². The highest BCUT2D eigenvalue weighted by atomic mass is 16.5. The molecule has 7 heteroatoms. The molecule has 0 aromatic carbocycles. The van der Waals surface area contributed by atoms with Crippen LogP contribution in [0.2, 0.25) is 0 Å². The van der Waals surface area contributed by atoms with Gasteiger partial charge in [-0.15, -0.1) is 0 Å². The Bertz CT molecular complexity index is 495. The lowest BCUT2D eigenvalue weighted by atomic mass is 9.97. The largest absolute Gasteiger partial charge is 0.469 e. The molecule has 2 heterocycles. The summed E-state index contributed by atoms with van der Waals surface area (Å²) in [6.45, 7) is 2.00. The average molecular weight is 306 g/mol. The molecule has 2 rings (SSSR count). The second-order valence-electron chi connectivity index (χ2n) is 5.30. The van der Waals surface area contributed by atoms with E-state index in [1.165, 1.54) is 7.11 Å². The minimum atomic E-state index is -0.251. The van der Waals surface area contributed by atoms with E-state index in [2.05, 4.69) is 20.0 Å². The molecule has 1 aromatic heterocycles. The third kappa shape index (κ3) is 4.68. The first-order chi connectivity index (χ1) is 10.7. The van der Waals surface area contributed by atoms with Crippen LogP contribution in [-0.4, -0.2) is 48.6 Å². The number of piperidine rings is 1. The van der Waals surface area contributed by atoms with E-state index in [1.54, 1.807) is 18.5 Å². The van der Waals surface area contributed by atoms with E-state index in [0.29, 0.717) is 31.9 Å². The monoisotopic (exact) mass is 306 g/mol. The van der Waals surface area contributed by atoms with Crippen LogP contribution in [0.4, 0.5) is 5.95 Å². The predicted octanol–water partition coefficient (Wildman–Crippen LogP) is 0.762. The molecule has 1 N–H and O–H groups in total. The maximum Gasteiger partial charge on any atom is 0.305 e. The molecule has 1 saturated heterocycles. The molecule has 1 atom stereocenters. The number of amides is 1. The maximum absolute atomic E-state index is 12.2. The second kappa shape index (κ2) is 8.31. The maximum atomic E-state index is 12.2. The number of hydrogen-bond acceptors (Lipinski definition) is 6. The fraction of sp³-hybridized carbons (Fsp3) is 0.600. The number of carbonyl (C=O) groups is 2. The standard InChI is InChI=1S/C15H22N4O3/c1-22-13(20)6-2-7-16-14(21)12-5-3-10-19(11-12)15-17-8-4-9-18-15/h4,8-9,12H,2-3,5-7,10-11H2,1H3,(H,16,21). The van der Waals surface area contributed by atoms with Crippen LogP contribution in [0.1, 0.15) is 25.7 Å². The van der Waals surface area contributed by atoms with Crippen molar-refractivity contribution in [2.24, 2.45) is 5.92 Å². The number of hydrogen-bond donors (Lipinski definition) is 1. The van der Waals surface area contributed by atoms with Crippen LogP contribution in [0.25, 0.3) is 0 Å². The first kappa shape index (κ1) is 16.2. The van der Waals surface area contributed by atoms with Crippen LogP contribution in [0, 0.1) is 5.92 Å². The van der Waals surface area contributed by atoms with E-state index in [9.17, 15) is 9.59 Å². The normalized spacial score (nSPS) is 17.9. The van der Waals surface area contributed by atoms with Gasteiger partial charge in [-0.05, 0) is 25.3 Å². The van der Waals surface area contributed by atoms with Gasteiger partial charge in [-0.2, -0.15) is 0 Å². The molecule has 0 aliphatic carbocycles. The van der Waals surface area contributed by atoms with Gasteiger partial charge < -0.3 is 15.0 Å². The minimum absolute atomic E-state index is 0.0329. The van der Waals surface area contributed by atoms with Gasteiger partial charge in [-0.1, -0.05) is 0 Å². The van der Waals surface area contributed by atoms with Crippen LogP contribution in [-0.2, 0) is 14.3 Å². The van der Waals surface area contributed by atoms with Crippen LogP contribution in [0.15, 0.2) is 18.5 Å². The van der Waals surface area contributed by atoms with Crippen molar-refractivity contribution in [3.63, 3.8) is 0 Å². The number of carbonyl (C=O) groups excluding carboxylic acids is 2. The summed E-state index contributed by atoms with van der Waals surface area (Å²) in [4.78, 5) is 33.7. The van der Waals surface area contributed by atoms with E-state index in [4.69, 9.17) is 0 Å². The third-order valence-corrected chi connectivity index (χ3v) is 3.71. The van der Waals surface area contributed by atoms with Crippen molar-refractivity contribution in [3.05, 3.63) is 18.5 Å². The van der Waals surface area contributed by atoms with Crippen LogP contribution in [0.5, 0.6) is 0 Å². The summed E-state index contributed by atoms with van der Waals surface area (Å²) < 4.78 is 4.56. The highest BCUT2D eigenvalue weighted by Crippen LogP contribution is 2.19. The summed E-state index contributed by atoms with van der Waals surface area (Å²) in [7, 11) is 1.36. The van der Waals surface area contributed by atoms with Gasteiger partial charge in [0, 0.05) is 38.4 Å². The SMILES string of the molecule is COC(=O)CCCNC(=O)C1CCCN(c2ncccn2)C1. The van der Waals surface area contributed by atoms with Crippen molar-refractivity contribution < 1.29 is 14.3 Å². The number of esters is 1. The summed E-state index contributed by atoms with van der Waals surface area (Å²) in [5.74, 6) is 0.395. The topological polar surface area (TPSA) is 84.4 Å². The van der Waals surface area contributed by atoms with E-state index in [-0.39, 0.29) is 17.8 Å². The lowest BCUT2D eigenvalue weighted by Crippen LogP contribution is -2.43. The Balaban J connectivity index is 1.77. The van der Waals surface area contributed by atoms with Crippen LogP contribution < -0.4 is 10.2 Å². The lowest BCUT2D eigenvalue weighted by Gasteiger charge is -2.31. The number of methoxy groups -OCH3 is 1. The van der Waals surface area contributed by atoms with E-state index in [0.717, 1.165) is 19.4 Å². The number of nitrogens with zero attached hydrogens (tertiary/aromatic N) is 3. The highest BCUT2D eigenvalue weighted by Gasteiger charge is 2.26. The van der Waals surface area contributed by atoms with Crippen molar-refractivity contribution in [1.29, 1.82) is 0 Å². The molecule has 1 unspecified atom stereocenters. The zero-order valence-corrected chi connectivity index (χ0v) is 12.8. The molecule has 1 amide bonds. The highest BCUT2D eigenvalue weighted by molar-refractivity contribution is 5.79. The van der Waals surface area contributed by atoms with Crippen molar-refractivity contribution in [2.45, 2.75) is 25.7 Å². The van der Waals surface area contributed by atoms with Crippen LogP contribution in [0.3, 0.4) is 0 Å². The molecule has 0 saturated carbocycles. The number of nitrogens with one attached hydrogen (secondary N) is 1. The first-order valence-electron chi connectivity index (χ1n) is 7.57. The number of ether oxygens (including phenoxy) is 1. The Kier molecular flexibility index (Phi) is 6.12. The first-order valence-corrected chi connectivity index (χ1v) is 7.57. The van der Waals surface area contributed by atoms with Gasteiger partial charge in [0.05, 0.1) is 13.0 Å². The van der Waals surface area contributed by atoms with Gasteiger partial charge in [-0.3, -0.25) is 9.59 Å². The Morgan fingerprint density at radius 2 is 2.18 bits per heavy atom. The Morgan fingerprint density at radius 3 is 2.91 bits per heavy atom. The molecule has 1 aromatic rings. The van der Waals surface area contributed by atoms with Crippen molar-refractivity contribution >= 4 is 17.8 Å². The molecule has 1 aliphatic heterocycles. The summed E-state index contributed by atoms with van der Waals surface area (Å²) in [6, 6.07) is 1.78. The number of anilines is 1. The van der Waals surface area contributed by atoms with Gasteiger partial charge in [0.25, 0.3) is 0 Å². The summed E-state index contributed by atoms with van der Waals surface area (Å²) >= 11 is 0. The lowest BCUT2D eigenvalue weighted by molar-refractivity contribution is -0.140. The number of aromatic nitrogens is 2. The van der Waals surface area contributed by atoms with Crippen molar-refractivity contribution in [1.82, 2.24) is 15.3 Å². The van der Waals surface area contributed by atoms with Crippen LogP contribution >= 0.6 is 0 Å². The molecular weight excluding hydrogens is 284 g/mol. The van der Waals surface area contributed by atoms with Crippen molar-refractivity contribution in [3.8, 4) is 0 Å². The van der Waals surface area contributed by atoms with E-state index in [1.807, 2.05) is 4.90 Å². The zero-order valence-electron chi connectivity index (χ0n) is 12.8. The Hall–Kier alpha value is -2.18. The molecule has 7 nitrogen and oxygen atoms in total. The molecule has 1 fully saturated rings. The average Bonchev–Trinajstić information content (AvgIpc) is 2.59. The predicted molar refractivity (Wildman–Crippen MR) is 81.2 cm³/mol. The van der Waals surface area contributed by atoms with Gasteiger partial charge >= 0.3 is 5.97 Å². The Morgan fingerprint density at radius 1 is 1.41 bits per heavy atom. The van der Waals surface area contributed by atoms with Gasteiger partial charge in [-0.25, -0.2) is 9.97 Å². The molecule has 1 aliphatic rings. The summed E-state index contributed by atoms with van der Waals surface area (Å²) in [5.41, 5.74) is 0. The fourth-order valence-corrected chi connectivity index (χ4v) is 2.52. The Labute approximate surface area is 130 Å². The fourth-order valence-electron chi connectivity index (χ4n) is 2.52. The minimum Gasteiger partial charge on any atom is -0.469 e. The quantitative estimate of drug-likeness (QED) is 0.617. The van der Waals surface area contributed by atoms with Gasteiger partial charge in [0.15, 0.2) is 0 Å². The molecule has 0 radical (unpaired) electrons. The molecule has 120 valence electrons. The van der Waals surface area contributed by atoms with E-state index < -0.39 is 0 Å². The smallest absolute Gasteiger partial charge is 0.305 e. The second-order valence-corrected chi connectivity index (χ2v) is 5.30. The van der Waals surface area contributed by atoms with E-state index >= 15 is 0 Å². The number of rotatable bonds is 6. The van der Waals surface area contributed by atoms with Gasteiger partial charge in [0.1, 0.15) is 0 Å². The zero-order chi connectivity index (χ0) is 15.8. The van der Waals surface area contributed by atoms with Gasteiger partial charge in [0.2, 0.25) is 11.9 Å². The molecular formula is C15H22N4O3.